The number of nitrogens with zero attached hydrogens (tertiary/aromatic N) is 1. The molecule has 1 saturated heterocycles. The van der Waals surface area contributed by atoms with Crippen molar-refractivity contribution in [3.63, 3.8) is 0 Å². The molecule has 4 aliphatic carbocycles. The van der Waals surface area contributed by atoms with Crippen LogP contribution in [0.3, 0.4) is 0 Å². The number of amides is 1. The summed E-state index contributed by atoms with van der Waals surface area (Å²) in [7, 11) is 1.20. The second-order valence-corrected chi connectivity index (χ2v) is 13.9. The van der Waals surface area contributed by atoms with Gasteiger partial charge < -0.3 is 24.2 Å². The minimum Gasteiger partial charge on any atom is -0.467 e. The molecule has 0 spiro atoms. The fraction of sp³-hybridized carbons (Fsp3) is 0.758. The number of allylic oxidation sites excluding steroid dienone is 1. The van der Waals surface area contributed by atoms with Crippen LogP contribution in [-0.2, 0) is 43.0 Å². The van der Waals surface area contributed by atoms with Crippen molar-refractivity contribution in [2.24, 2.45) is 28.6 Å². The van der Waals surface area contributed by atoms with Gasteiger partial charge in [0.05, 0.1) is 19.6 Å². The highest BCUT2D eigenvalue weighted by Gasteiger charge is 2.68. The number of aliphatic hydroxyl groups excluding tert-OH is 1. The number of hydrogen-bond donors (Lipinski definition) is 1. The van der Waals surface area contributed by atoms with Crippen molar-refractivity contribution in [2.75, 3.05) is 20.3 Å². The van der Waals surface area contributed by atoms with Crippen LogP contribution in [0, 0.1) is 28.6 Å². The summed E-state index contributed by atoms with van der Waals surface area (Å²) < 4.78 is 16.0. The quantitative estimate of drug-likeness (QED) is 0.319. The maximum absolute atomic E-state index is 13.9. The van der Waals surface area contributed by atoms with Gasteiger partial charge in [0.2, 0.25) is 11.7 Å². The average Bonchev–Trinajstić information content (AvgIpc) is 3.52. The first-order valence-electron chi connectivity index (χ1n) is 15.9. The third-order valence-corrected chi connectivity index (χ3v) is 11.8. The van der Waals surface area contributed by atoms with E-state index in [4.69, 9.17) is 14.2 Å². The van der Waals surface area contributed by atoms with E-state index < -0.39 is 59.4 Å². The van der Waals surface area contributed by atoms with Crippen molar-refractivity contribution in [3.8, 4) is 0 Å². The minimum atomic E-state index is -1.41. The molecule has 0 aromatic carbocycles. The highest BCUT2D eigenvalue weighted by Crippen LogP contribution is 2.68. The van der Waals surface area contributed by atoms with E-state index >= 15 is 0 Å². The molecule has 242 valence electrons. The zero-order chi connectivity index (χ0) is 32.0. The number of ketones is 2. The summed E-state index contributed by atoms with van der Waals surface area (Å²) >= 11 is 0. The SMILES string of the molecule is COC(=O)C1CC(O)CN1C(=O)CCC(=O)OCC(=O)C1(OC(C)=O)CCC2C3CCC4=CC(=O)CCC4(C)C3CCC21C. The Hall–Kier alpha value is -3.08. The van der Waals surface area contributed by atoms with Crippen LogP contribution in [0.2, 0.25) is 0 Å². The summed E-state index contributed by atoms with van der Waals surface area (Å²) in [5, 5.41) is 9.94. The second kappa shape index (κ2) is 12.0. The molecule has 8 unspecified atom stereocenters. The first kappa shape index (κ1) is 32.3. The van der Waals surface area contributed by atoms with E-state index in [1.807, 2.05) is 13.0 Å². The fourth-order valence-electron chi connectivity index (χ4n) is 9.62. The van der Waals surface area contributed by atoms with E-state index in [1.165, 1.54) is 24.5 Å². The highest BCUT2D eigenvalue weighted by atomic mass is 16.6. The molecule has 11 heteroatoms. The molecule has 4 fully saturated rings. The standard InChI is InChI=1S/C33H45NO10/c1-19(35)44-33(27(38)18-43-29(40)8-7-28(39)34-17-22(37)16-26(34)30(41)42-4)14-11-25-23-6-5-20-15-21(36)9-12-31(20,2)24(23)10-13-32(25,33)3/h15,22-26,37H,5-14,16-18H2,1-4H3. The van der Waals surface area contributed by atoms with Crippen molar-refractivity contribution >= 4 is 35.4 Å². The number of carbonyl (C=O) groups is 6. The van der Waals surface area contributed by atoms with Gasteiger partial charge in [0.15, 0.2) is 18.0 Å². The molecule has 5 rings (SSSR count). The van der Waals surface area contributed by atoms with Gasteiger partial charge >= 0.3 is 17.9 Å². The molecule has 1 heterocycles. The number of ether oxygens (including phenoxy) is 3. The number of aliphatic hydroxyl groups is 1. The van der Waals surface area contributed by atoms with Gasteiger partial charge in [-0.05, 0) is 74.2 Å². The summed E-state index contributed by atoms with van der Waals surface area (Å²) in [5.41, 5.74) is -0.818. The van der Waals surface area contributed by atoms with Gasteiger partial charge in [-0.2, -0.15) is 0 Å². The number of Topliss-reactive ketones (excluding diaryl/α,β-unsaturated/α-hetero) is 1. The number of fused-ring (bicyclic) bond motifs is 5. The smallest absolute Gasteiger partial charge is 0.328 e. The van der Waals surface area contributed by atoms with Crippen molar-refractivity contribution < 1.29 is 48.1 Å². The molecule has 11 nitrogen and oxygen atoms in total. The predicted molar refractivity (Wildman–Crippen MR) is 155 cm³/mol. The number of hydrogen-bond acceptors (Lipinski definition) is 10. The van der Waals surface area contributed by atoms with Crippen LogP contribution in [0.5, 0.6) is 0 Å². The number of rotatable bonds is 8. The van der Waals surface area contributed by atoms with Gasteiger partial charge in [0.25, 0.3) is 0 Å². The van der Waals surface area contributed by atoms with Crippen LogP contribution < -0.4 is 0 Å². The first-order chi connectivity index (χ1) is 20.8. The Labute approximate surface area is 258 Å². The van der Waals surface area contributed by atoms with Crippen LogP contribution in [0.1, 0.15) is 91.4 Å². The Balaban J connectivity index is 1.25. The van der Waals surface area contributed by atoms with E-state index in [0.29, 0.717) is 31.1 Å². The Morgan fingerprint density at radius 3 is 2.43 bits per heavy atom. The van der Waals surface area contributed by atoms with Crippen molar-refractivity contribution in [2.45, 2.75) is 109 Å². The number of β-amino-alcohol motifs (C(OH)–C–C–N with tert-alkyl or cyclic N) is 1. The normalized spacial score (nSPS) is 37.7. The van der Waals surface area contributed by atoms with Gasteiger partial charge in [-0.25, -0.2) is 4.79 Å². The summed E-state index contributed by atoms with van der Waals surface area (Å²) in [6.07, 6.45) is 6.30. The molecule has 0 aromatic rings. The zero-order valence-corrected chi connectivity index (χ0v) is 26.2. The second-order valence-electron chi connectivity index (χ2n) is 13.9. The van der Waals surface area contributed by atoms with Gasteiger partial charge in [0.1, 0.15) is 6.04 Å². The summed E-state index contributed by atoms with van der Waals surface area (Å²) in [5.74, 6) is -1.82. The van der Waals surface area contributed by atoms with E-state index in [1.54, 1.807) is 0 Å². The van der Waals surface area contributed by atoms with Gasteiger partial charge in [-0.15, -0.1) is 0 Å². The van der Waals surface area contributed by atoms with Crippen LogP contribution >= 0.6 is 0 Å². The van der Waals surface area contributed by atoms with E-state index in [9.17, 15) is 33.9 Å². The third-order valence-electron chi connectivity index (χ3n) is 11.8. The third kappa shape index (κ3) is 5.39. The molecule has 0 aromatic heterocycles. The Morgan fingerprint density at radius 2 is 1.73 bits per heavy atom. The maximum atomic E-state index is 13.9. The fourth-order valence-corrected chi connectivity index (χ4v) is 9.62. The molecule has 8 atom stereocenters. The highest BCUT2D eigenvalue weighted by molar-refractivity contribution is 5.94. The van der Waals surface area contributed by atoms with Gasteiger partial charge in [-0.1, -0.05) is 19.4 Å². The molecular weight excluding hydrogens is 570 g/mol. The Morgan fingerprint density at radius 1 is 1.00 bits per heavy atom. The van der Waals surface area contributed by atoms with Crippen LogP contribution in [-0.4, -0.2) is 83.4 Å². The van der Waals surface area contributed by atoms with Crippen molar-refractivity contribution in [3.05, 3.63) is 11.6 Å². The number of methoxy groups -OCH3 is 1. The molecule has 1 amide bonds. The van der Waals surface area contributed by atoms with E-state index in [2.05, 4.69) is 6.92 Å². The lowest BCUT2D eigenvalue weighted by molar-refractivity contribution is -0.191. The molecule has 1 N–H and O–H groups in total. The molecule has 0 bridgehead atoms. The number of carbonyl (C=O) groups excluding carboxylic acids is 6. The lowest BCUT2D eigenvalue weighted by atomic mass is 9.46. The number of esters is 3. The van der Waals surface area contributed by atoms with Crippen LogP contribution in [0.15, 0.2) is 11.6 Å². The maximum Gasteiger partial charge on any atom is 0.328 e. The molecule has 3 saturated carbocycles. The van der Waals surface area contributed by atoms with Crippen molar-refractivity contribution in [1.29, 1.82) is 0 Å². The molecular formula is C33H45NO10. The van der Waals surface area contributed by atoms with Gasteiger partial charge in [-0.3, -0.25) is 24.0 Å². The lowest BCUT2D eigenvalue weighted by Crippen LogP contribution is -2.59. The lowest BCUT2D eigenvalue weighted by Gasteiger charge is -2.59. The minimum absolute atomic E-state index is 0.0342. The van der Waals surface area contributed by atoms with E-state index in [0.717, 1.165) is 32.1 Å². The summed E-state index contributed by atoms with van der Waals surface area (Å²) in [6.45, 7) is 5.02. The van der Waals surface area contributed by atoms with Gasteiger partial charge in [0, 0.05) is 38.1 Å². The Kier molecular flexibility index (Phi) is 8.83. The van der Waals surface area contributed by atoms with Crippen LogP contribution in [0.4, 0.5) is 0 Å². The van der Waals surface area contributed by atoms with Crippen molar-refractivity contribution in [1.82, 2.24) is 4.90 Å². The number of likely N-dealkylation sites (tertiary alicyclic amines) is 1. The monoisotopic (exact) mass is 615 g/mol. The molecule has 0 radical (unpaired) electrons. The summed E-state index contributed by atoms with van der Waals surface area (Å²) in [6, 6.07) is -0.912. The zero-order valence-electron chi connectivity index (χ0n) is 26.2. The largest absolute Gasteiger partial charge is 0.467 e. The van der Waals surface area contributed by atoms with E-state index in [-0.39, 0.29) is 42.9 Å². The molecule has 1 aliphatic heterocycles. The predicted octanol–water partition coefficient (Wildman–Crippen LogP) is 2.85. The van der Waals surface area contributed by atoms with Crippen LogP contribution in [0.25, 0.3) is 0 Å². The average molecular weight is 616 g/mol. The Bertz CT molecular complexity index is 1270. The topological polar surface area (TPSA) is 154 Å². The summed E-state index contributed by atoms with van der Waals surface area (Å²) in [4.78, 5) is 77.2. The molecule has 44 heavy (non-hydrogen) atoms. The first-order valence-corrected chi connectivity index (χ1v) is 15.9. The molecule has 5 aliphatic rings.